The summed E-state index contributed by atoms with van der Waals surface area (Å²) in [7, 11) is -3.91. The fourth-order valence-corrected chi connectivity index (χ4v) is 5.97. The molecule has 0 heterocycles. The smallest absolute Gasteiger partial charge is 0.264 e. The maximum Gasteiger partial charge on any atom is 0.264 e. The zero-order valence-electron chi connectivity index (χ0n) is 18.7. The Morgan fingerprint density at radius 3 is 2.44 bits per heavy atom. The lowest BCUT2D eigenvalue weighted by Crippen LogP contribution is -2.41. The van der Waals surface area contributed by atoms with Crippen LogP contribution in [0.15, 0.2) is 82.2 Å². The molecule has 0 fully saturated rings. The minimum absolute atomic E-state index is 0.145. The Balaban J connectivity index is 1.58. The summed E-state index contributed by atoms with van der Waals surface area (Å²) in [5.74, 6) is 1.37. The van der Waals surface area contributed by atoms with Crippen LogP contribution in [0.3, 0.4) is 0 Å². The van der Waals surface area contributed by atoms with Gasteiger partial charge in [-0.3, -0.25) is 9.10 Å². The van der Waals surface area contributed by atoms with Gasteiger partial charge in [0.1, 0.15) is 6.54 Å². The maximum atomic E-state index is 13.4. The molecule has 3 aromatic rings. The van der Waals surface area contributed by atoms with Gasteiger partial charge in [0.25, 0.3) is 10.0 Å². The Morgan fingerprint density at radius 1 is 1.06 bits per heavy atom. The van der Waals surface area contributed by atoms with E-state index < -0.39 is 10.0 Å². The molecule has 0 aromatic heterocycles. The SMILES string of the molecule is Cc1ccc(S(=O)(=O)N(CC(=O)NCCCSCc2cccc(Cl)c2)c2ccc(Br)cc2)cc1. The first-order chi connectivity index (χ1) is 16.3. The summed E-state index contributed by atoms with van der Waals surface area (Å²) in [6.45, 7) is 2.07. The van der Waals surface area contributed by atoms with Crippen molar-refractivity contribution >= 4 is 60.9 Å². The number of nitrogens with one attached hydrogen (secondary N) is 1. The number of carbonyl (C=O) groups excluding carboxylic acids is 1. The molecule has 0 aliphatic carbocycles. The van der Waals surface area contributed by atoms with E-state index in [2.05, 4.69) is 21.2 Å². The van der Waals surface area contributed by atoms with Gasteiger partial charge >= 0.3 is 0 Å². The molecule has 0 saturated heterocycles. The van der Waals surface area contributed by atoms with E-state index in [1.54, 1.807) is 60.3 Å². The summed E-state index contributed by atoms with van der Waals surface area (Å²) in [5, 5.41) is 3.57. The molecule has 0 aliphatic rings. The Kier molecular flexibility index (Phi) is 9.88. The van der Waals surface area contributed by atoms with E-state index in [0.717, 1.165) is 42.9 Å². The summed E-state index contributed by atoms with van der Waals surface area (Å²) in [5.41, 5.74) is 2.55. The van der Waals surface area contributed by atoms with Gasteiger partial charge in [0.2, 0.25) is 5.91 Å². The number of sulfonamides is 1. The van der Waals surface area contributed by atoms with Gasteiger partial charge in [-0.25, -0.2) is 8.42 Å². The molecule has 9 heteroatoms. The van der Waals surface area contributed by atoms with Crippen LogP contribution >= 0.6 is 39.3 Å². The second-order valence-electron chi connectivity index (χ2n) is 7.69. The van der Waals surface area contributed by atoms with Gasteiger partial charge in [-0.05, 0) is 73.2 Å². The number of nitrogens with zero attached hydrogens (tertiary/aromatic N) is 1. The van der Waals surface area contributed by atoms with Crippen molar-refractivity contribution in [3.8, 4) is 0 Å². The van der Waals surface area contributed by atoms with Crippen LogP contribution in [0, 0.1) is 6.92 Å². The van der Waals surface area contributed by atoms with Crippen LogP contribution in [0.1, 0.15) is 17.5 Å². The van der Waals surface area contributed by atoms with E-state index in [1.807, 2.05) is 31.2 Å². The molecule has 5 nitrogen and oxygen atoms in total. The van der Waals surface area contributed by atoms with Gasteiger partial charge in [0.05, 0.1) is 10.6 Å². The van der Waals surface area contributed by atoms with Crippen LogP contribution in [-0.4, -0.2) is 33.2 Å². The van der Waals surface area contributed by atoms with Gasteiger partial charge in [-0.15, -0.1) is 0 Å². The first-order valence-corrected chi connectivity index (χ1v) is 14.5. The van der Waals surface area contributed by atoms with Crippen LogP contribution < -0.4 is 9.62 Å². The standard InChI is InChI=1S/C25H26BrClN2O3S2/c1-19-6-12-24(13-7-19)34(31,32)29(23-10-8-21(26)9-11-23)17-25(30)28-14-3-15-33-18-20-4-2-5-22(27)16-20/h2,4-13,16H,3,14-15,17-18H2,1H3,(H,28,30). The van der Waals surface area contributed by atoms with Gasteiger partial charge in [0, 0.05) is 21.8 Å². The lowest BCUT2D eigenvalue weighted by atomic mass is 10.2. The third kappa shape index (κ3) is 7.77. The summed E-state index contributed by atoms with van der Waals surface area (Å²) < 4.78 is 28.7. The van der Waals surface area contributed by atoms with E-state index in [9.17, 15) is 13.2 Å². The summed E-state index contributed by atoms with van der Waals surface area (Å²) in [6, 6.07) is 21.2. The molecule has 0 radical (unpaired) electrons. The monoisotopic (exact) mass is 580 g/mol. The zero-order chi connectivity index (χ0) is 24.6. The fourth-order valence-electron chi connectivity index (χ4n) is 3.17. The number of carbonyl (C=O) groups is 1. The van der Waals surface area contributed by atoms with Crippen molar-refractivity contribution in [2.75, 3.05) is 23.1 Å². The summed E-state index contributed by atoms with van der Waals surface area (Å²) >= 11 is 11.1. The molecule has 0 unspecified atom stereocenters. The maximum absolute atomic E-state index is 13.4. The molecule has 1 N–H and O–H groups in total. The Hall–Kier alpha value is -2.00. The van der Waals surface area contributed by atoms with Crippen LogP contribution in [0.4, 0.5) is 5.69 Å². The van der Waals surface area contributed by atoms with Crippen LogP contribution in [0.25, 0.3) is 0 Å². The third-order valence-electron chi connectivity index (χ3n) is 4.96. The average Bonchev–Trinajstić information content (AvgIpc) is 2.81. The van der Waals surface area contributed by atoms with Crippen molar-refractivity contribution < 1.29 is 13.2 Å². The molecule has 0 aliphatic heterocycles. The first-order valence-electron chi connectivity index (χ1n) is 10.7. The molecule has 0 saturated carbocycles. The average molecular weight is 582 g/mol. The second kappa shape index (κ2) is 12.6. The minimum Gasteiger partial charge on any atom is -0.354 e. The molecular weight excluding hydrogens is 556 g/mol. The van der Waals surface area contributed by atoms with Crippen molar-refractivity contribution in [3.05, 3.63) is 93.4 Å². The highest BCUT2D eigenvalue weighted by atomic mass is 79.9. The highest BCUT2D eigenvalue weighted by Crippen LogP contribution is 2.25. The largest absolute Gasteiger partial charge is 0.354 e. The van der Waals surface area contributed by atoms with E-state index in [0.29, 0.717) is 12.2 Å². The molecule has 3 aromatic carbocycles. The molecule has 0 spiro atoms. The number of halogens is 2. The molecule has 1 amide bonds. The fraction of sp³-hybridized carbons (Fsp3) is 0.240. The van der Waals surface area contributed by atoms with E-state index >= 15 is 0 Å². The highest BCUT2D eigenvalue weighted by molar-refractivity contribution is 9.10. The Morgan fingerprint density at radius 2 is 1.76 bits per heavy atom. The number of benzene rings is 3. The van der Waals surface area contributed by atoms with Crippen molar-refractivity contribution in [2.24, 2.45) is 0 Å². The molecule has 34 heavy (non-hydrogen) atoms. The number of anilines is 1. The predicted molar refractivity (Wildman–Crippen MR) is 145 cm³/mol. The highest BCUT2D eigenvalue weighted by Gasteiger charge is 2.27. The summed E-state index contributed by atoms with van der Waals surface area (Å²) in [6.07, 6.45) is 0.778. The number of aryl methyl sites for hydroxylation is 1. The minimum atomic E-state index is -3.91. The number of amides is 1. The normalized spacial score (nSPS) is 11.3. The lowest BCUT2D eigenvalue weighted by molar-refractivity contribution is -0.119. The van der Waals surface area contributed by atoms with Gasteiger partial charge in [-0.2, -0.15) is 11.8 Å². The Labute approximate surface area is 219 Å². The van der Waals surface area contributed by atoms with Crippen molar-refractivity contribution in [1.82, 2.24) is 5.32 Å². The third-order valence-corrected chi connectivity index (χ3v) is 8.62. The Bertz CT molecular complexity index is 1200. The van der Waals surface area contributed by atoms with Crippen LogP contribution in [0.5, 0.6) is 0 Å². The lowest BCUT2D eigenvalue weighted by Gasteiger charge is -2.24. The number of hydrogen-bond donors (Lipinski definition) is 1. The first kappa shape index (κ1) is 26.6. The molecular formula is C25H26BrClN2O3S2. The van der Waals surface area contributed by atoms with Gasteiger partial charge < -0.3 is 5.32 Å². The predicted octanol–water partition coefficient (Wildman–Crippen LogP) is 6.05. The summed E-state index contributed by atoms with van der Waals surface area (Å²) in [4.78, 5) is 12.8. The number of hydrogen-bond acceptors (Lipinski definition) is 4. The molecule has 180 valence electrons. The number of rotatable bonds is 11. The van der Waals surface area contributed by atoms with E-state index in [4.69, 9.17) is 11.6 Å². The quantitative estimate of drug-likeness (QED) is 0.280. The number of thioether (sulfide) groups is 1. The molecule has 0 atom stereocenters. The molecule has 0 bridgehead atoms. The van der Waals surface area contributed by atoms with Crippen LogP contribution in [0.2, 0.25) is 5.02 Å². The van der Waals surface area contributed by atoms with Crippen LogP contribution in [-0.2, 0) is 20.6 Å². The van der Waals surface area contributed by atoms with Crippen molar-refractivity contribution in [1.29, 1.82) is 0 Å². The second-order valence-corrected chi connectivity index (χ2v) is 12.0. The zero-order valence-corrected chi connectivity index (χ0v) is 22.7. The van der Waals surface area contributed by atoms with Crippen molar-refractivity contribution in [2.45, 2.75) is 24.0 Å². The topological polar surface area (TPSA) is 66.5 Å². The van der Waals surface area contributed by atoms with E-state index in [1.165, 1.54) is 0 Å². The van der Waals surface area contributed by atoms with Crippen molar-refractivity contribution in [3.63, 3.8) is 0 Å². The van der Waals surface area contributed by atoms with Gasteiger partial charge in [0.15, 0.2) is 0 Å². The van der Waals surface area contributed by atoms with Gasteiger partial charge in [-0.1, -0.05) is 57.4 Å². The van der Waals surface area contributed by atoms with E-state index in [-0.39, 0.29) is 17.3 Å². The molecule has 3 rings (SSSR count).